The fraction of sp³-hybridized carbons (Fsp3) is 1.00. The molecule has 0 aromatic rings. The molecule has 0 aromatic carbocycles. The molecule has 0 bridgehead atoms. The van der Waals surface area contributed by atoms with Crippen LogP contribution >= 0.6 is 0 Å². The molecule has 0 spiro atoms. The molecule has 0 aliphatic carbocycles. The van der Waals surface area contributed by atoms with Crippen LogP contribution in [0.5, 0.6) is 0 Å². The number of hydrogen-bond donors (Lipinski definition) is 2. The van der Waals surface area contributed by atoms with Gasteiger partial charge in [0.2, 0.25) is 0 Å². The van der Waals surface area contributed by atoms with Gasteiger partial charge in [0.25, 0.3) is 0 Å². The van der Waals surface area contributed by atoms with Crippen LogP contribution in [0.15, 0.2) is 0 Å². The summed E-state index contributed by atoms with van der Waals surface area (Å²) in [7, 11) is 17.7. The standard InChI is InChI=1S/C49H92O21/c1-48(2,3)66-27-38-46(60-14)44(58-12)30(33(69-38)22-54-8)19-65-26-37-45(59-13)43(57-11)29(32(68-37)21-53-7)18-64-24-35-40(50)42(56-10)28(31(67-35)20-52-6)17-63-25-36-41(51)47(61-15)39(49(4,5)62-16)34(70-36)23-55-9/h28-47,50-51H,17-27H2,1-16H3. The Hall–Kier alpha value is -0.840. The molecule has 4 aliphatic heterocycles. The summed E-state index contributed by atoms with van der Waals surface area (Å²) >= 11 is 0. The Kier molecular flexibility index (Phi) is 26.5. The first-order valence-corrected chi connectivity index (χ1v) is 24.5. The van der Waals surface area contributed by atoms with Crippen LogP contribution in [0.4, 0.5) is 0 Å². The lowest BCUT2D eigenvalue weighted by atomic mass is 9.76. The van der Waals surface area contributed by atoms with Gasteiger partial charge in [-0.1, -0.05) is 0 Å². The second-order valence-corrected chi connectivity index (χ2v) is 20.2. The van der Waals surface area contributed by atoms with Gasteiger partial charge in [0.05, 0.1) is 133 Å². The van der Waals surface area contributed by atoms with E-state index in [0.29, 0.717) is 13.2 Å². The summed E-state index contributed by atoms with van der Waals surface area (Å²) in [6, 6.07) is 0. The highest BCUT2D eigenvalue weighted by Crippen LogP contribution is 2.39. The molecule has 0 aromatic heterocycles. The summed E-state index contributed by atoms with van der Waals surface area (Å²) in [4.78, 5) is 0. The minimum Gasteiger partial charge on any atom is -0.388 e. The van der Waals surface area contributed by atoms with E-state index in [0.717, 1.165) is 0 Å². The van der Waals surface area contributed by atoms with Crippen LogP contribution in [0.1, 0.15) is 34.6 Å². The summed E-state index contributed by atoms with van der Waals surface area (Å²) in [5.74, 6) is -1.38. The summed E-state index contributed by atoms with van der Waals surface area (Å²) in [5.41, 5.74) is -1.05. The monoisotopic (exact) mass is 1020 g/mol. The smallest absolute Gasteiger partial charge is 0.112 e. The third-order valence-corrected chi connectivity index (χ3v) is 14.4. The van der Waals surface area contributed by atoms with Gasteiger partial charge in [-0.3, -0.25) is 0 Å². The Bertz CT molecular complexity index is 1410. The third-order valence-electron chi connectivity index (χ3n) is 14.4. The first-order valence-electron chi connectivity index (χ1n) is 24.5. The van der Waals surface area contributed by atoms with Crippen LogP contribution in [0, 0.1) is 23.7 Å². The molecule has 20 atom stereocenters. The van der Waals surface area contributed by atoms with Crippen molar-refractivity contribution in [1.29, 1.82) is 0 Å². The second-order valence-electron chi connectivity index (χ2n) is 20.2. The first kappa shape index (κ1) is 61.7. The zero-order valence-electron chi connectivity index (χ0n) is 45.0. The largest absolute Gasteiger partial charge is 0.388 e. The van der Waals surface area contributed by atoms with Gasteiger partial charge in [-0.2, -0.15) is 0 Å². The predicted molar refractivity (Wildman–Crippen MR) is 252 cm³/mol. The van der Waals surface area contributed by atoms with E-state index in [9.17, 15) is 10.2 Å². The Balaban J connectivity index is 1.39. The molecule has 4 heterocycles. The van der Waals surface area contributed by atoms with Crippen LogP contribution in [0.3, 0.4) is 0 Å². The van der Waals surface area contributed by atoms with Crippen LogP contribution in [-0.2, 0) is 90.0 Å². The second kappa shape index (κ2) is 30.0. The number of aliphatic hydroxyl groups excluding tert-OH is 2. The number of methoxy groups -OCH3 is 11. The molecule has 414 valence electrons. The molecule has 0 radical (unpaired) electrons. The zero-order chi connectivity index (χ0) is 51.8. The minimum atomic E-state index is -1.09. The van der Waals surface area contributed by atoms with E-state index in [1.165, 1.54) is 7.11 Å². The molecule has 4 aliphatic rings. The summed E-state index contributed by atoms with van der Waals surface area (Å²) in [5, 5.41) is 23.2. The Labute approximate surface area is 417 Å². The molecule has 4 fully saturated rings. The summed E-state index contributed by atoms with van der Waals surface area (Å²) < 4.78 is 115. The molecular formula is C49H92O21. The van der Waals surface area contributed by atoms with Crippen molar-refractivity contribution < 1.29 is 100 Å². The average Bonchev–Trinajstić information content (AvgIpc) is 3.33. The Morgan fingerprint density at radius 3 is 1.04 bits per heavy atom. The molecule has 4 rings (SSSR count). The van der Waals surface area contributed by atoms with E-state index in [-0.39, 0.29) is 101 Å². The van der Waals surface area contributed by atoms with Gasteiger partial charge in [0, 0.05) is 102 Å². The van der Waals surface area contributed by atoms with Crippen LogP contribution in [-0.4, -0.2) is 270 Å². The van der Waals surface area contributed by atoms with E-state index in [1.807, 2.05) is 34.6 Å². The summed E-state index contributed by atoms with van der Waals surface area (Å²) in [6.45, 7) is 11.9. The van der Waals surface area contributed by atoms with Gasteiger partial charge in [-0.15, -0.1) is 0 Å². The van der Waals surface area contributed by atoms with Crippen molar-refractivity contribution in [2.45, 2.75) is 143 Å². The Morgan fingerprint density at radius 2 is 0.671 bits per heavy atom. The number of ether oxygens (including phenoxy) is 19. The van der Waals surface area contributed by atoms with Gasteiger partial charge >= 0.3 is 0 Å². The topological polar surface area (TPSA) is 216 Å². The fourth-order valence-corrected chi connectivity index (χ4v) is 10.7. The van der Waals surface area contributed by atoms with Crippen LogP contribution in [0.2, 0.25) is 0 Å². The quantitative estimate of drug-likeness (QED) is 0.103. The van der Waals surface area contributed by atoms with Crippen molar-refractivity contribution in [3.05, 3.63) is 0 Å². The van der Waals surface area contributed by atoms with Crippen LogP contribution < -0.4 is 0 Å². The van der Waals surface area contributed by atoms with Gasteiger partial charge in [0.15, 0.2) is 0 Å². The molecule has 20 unspecified atom stereocenters. The van der Waals surface area contributed by atoms with Gasteiger partial charge in [-0.05, 0) is 34.6 Å². The molecule has 2 N–H and O–H groups in total. The van der Waals surface area contributed by atoms with Crippen molar-refractivity contribution in [2.75, 3.05) is 151 Å². The zero-order valence-corrected chi connectivity index (χ0v) is 45.0. The molecule has 0 amide bonds. The van der Waals surface area contributed by atoms with Gasteiger partial charge < -0.3 is 100 Å². The van der Waals surface area contributed by atoms with Crippen molar-refractivity contribution in [3.8, 4) is 0 Å². The molecule has 0 saturated carbocycles. The summed E-state index contributed by atoms with van der Waals surface area (Å²) in [6.07, 6.45) is -9.50. The SMILES string of the molecule is COCC1OC(COCC2C(COC)OC(COCC3C(COC)OC(COC(C)(C)C)C(OC)C3OC)C(OC)C2OC)C(O)C(OC)C1COCC1OC(COC)C(C(C)(C)OC)C(OC)C1O. The average molecular weight is 1020 g/mol. The van der Waals surface area contributed by atoms with Crippen molar-refractivity contribution in [2.24, 2.45) is 23.7 Å². The molecular weight excluding hydrogens is 925 g/mol. The van der Waals surface area contributed by atoms with E-state index in [4.69, 9.17) is 90.0 Å². The van der Waals surface area contributed by atoms with E-state index in [1.54, 1.807) is 71.1 Å². The lowest BCUT2D eigenvalue weighted by Crippen LogP contribution is -2.63. The van der Waals surface area contributed by atoms with Gasteiger partial charge in [-0.25, -0.2) is 0 Å². The normalized spacial score (nSPS) is 38.8. The van der Waals surface area contributed by atoms with Crippen molar-refractivity contribution >= 4 is 0 Å². The first-order chi connectivity index (χ1) is 33.5. The highest BCUT2D eigenvalue weighted by Gasteiger charge is 2.54. The molecule has 4 saturated heterocycles. The number of rotatable bonds is 30. The van der Waals surface area contributed by atoms with E-state index < -0.39 is 90.9 Å². The van der Waals surface area contributed by atoms with Gasteiger partial charge in [0.1, 0.15) is 48.8 Å². The lowest BCUT2D eigenvalue weighted by molar-refractivity contribution is -0.267. The highest BCUT2D eigenvalue weighted by atomic mass is 16.6. The minimum absolute atomic E-state index is 0.0183. The van der Waals surface area contributed by atoms with E-state index >= 15 is 0 Å². The maximum atomic E-state index is 11.7. The Morgan fingerprint density at radius 1 is 0.343 bits per heavy atom. The molecule has 21 heteroatoms. The maximum Gasteiger partial charge on any atom is 0.112 e. The molecule has 21 nitrogen and oxygen atoms in total. The number of hydrogen-bond acceptors (Lipinski definition) is 21. The lowest BCUT2D eigenvalue weighted by Gasteiger charge is -2.49. The van der Waals surface area contributed by atoms with Crippen LogP contribution in [0.25, 0.3) is 0 Å². The van der Waals surface area contributed by atoms with Crippen molar-refractivity contribution in [1.82, 2.24) is 0 Å². The fourth-order valence-electron chi connectivity index (χ4n) is 10.7. The van der Waals surface area contributed by atoms with Crippen molar-refractivity contribution in [3.63, 3.8) is 0 Å². The molecule has 70 heavy (non-hydrogen) atoms. The number of aliphatic hydroxyl groups is 2. The predicted octanol–water partition coefficient (Wildman–Crippen LogP) is 1.21. The van der Waals surface area contributed by atoms with E-state index in [2.05, 4.69) is 0 Å². The highest BCUT2D eigenvalue weighted by molar-refractivity contribution is 5.01. The maximum absolute atomic E-state index is 11.7. The third kappa shape index (κ3) is 15.9.